The Kier molecular flexibility index (Phi) is 3.09. The summed E-state index contributed by atoms with van der Waals surface area (Å²) in [4.78, 5) is 0. The third kappa shape index (κ3) is 2.27. The van der Waals surface area contributed by atoms with Gasteiger partial charge < -0.3 is 0 Å². The van der Waals surface area contributed by atoms with Crippen molar-refractivity contribution < 1.29 is 0 Å². The van der Waals surface area contributed by atoms with E-state index in [2.05, 4.69) is 24.8 Å². The van der Waals surface area contributed by atoms with Crippen molar-refractivity contribution in [3.05, 3.63) is 18.6 Å². The molecule has 10 heavy (non-hydrogen) atoms. The largest absolute Gasteiger partial charge is 0.102 e. The van der Waals surface area contributed by atoms with Crippen molar-refractivity contribution in [3.63, 3.8) is 0 Å². The van der Waals surface area contributed by atoms with Gasteiger partial charge in [-0.2, -0.15) is 0 Å². The zero-order valence-corrected chi connectivity index (χ0v) is 6.32. The van der Waals surface area contributed by atoms with Gasteiger partial charge in [-0.1, -0.05) is 17.6 Å². The molecule has 0 saturated heterocycles. The summed E-state index contributed by atoms with van der Waals surface area (Å²) >= 11 is 0. The Balaban J connectivity index is 2.36. The van der Waals surface area contributed by atoms with Gasteiger partial charge in [0.1, 0.15) is 0 Å². The second-order valence-electron chi connectivity index (χ2n) is 2.64. The van der Waals surface area contributed by atoms with Crippen molar-refractivity contribution in [2.75, 3.05) is 0 Å². The van der Waals surface area contributed by atoms with Gasteiger partial charge in [0.05, 0.1) is 0 Å². The summed E-state index contributed by atoms with van der Waals surface area (Å²) in [6, 6.07) is 0. The van der Waals surface area contributed by atoms with Crippen LogP contribution in [0.15, 0.2) is 11.6 Å². The fourth-order valence-corrected chi connectivity index (χ4v) is 1.24. The van der Waals surface area contributed by atoms with E-state index in [1.807, 2.05) is 0 Å². The standard InChI is InChI=1S/C10H13/c1-2-3-7-10-8-5-4-6-9-10/h8H,1,4-7,9H2. The molecule has 0 aliphatic heterocycles. The maximum Gasteiger partial charge on any atom is 0.0299 e. The molecule has 0 aromatic rings. The normalized spacial score (nSPS) is 17.1. The van der Waals surface area contributed by atoms with Crippen molar-refractivity contribution >= 4 is 0 Å². The second-order valence-corrected chi connectivity index (χ2v) is 2.64. The molecule has 1 aliphatic rings. The molecular weight excluding hydrogens is 120 g/mol. The lowest BCUT2D eigenvalue weighted by Gasteiger charge is -2.08. The lowest BCUT2D eigenvalue weighted by molar-refractivity contribution is 0.693. The van der Waals surface area contributed by atoms with Gasteiger partial charge in [-0.3, -0.25) is 0 Å². The summed E-state index contributed by atoms with van der Waals surface area (Å²) in [5.74, 6) is 5.66. The molecule has 0 saturated carbocycles. The minimum absolute atomic E-state index is 0.948. The molecule has 0 bridgehead atoms. The molecule has 1 aliphatic carbocycles. The molecule has 1 rings (SSSR count). The Bertz CT molecular complexity index is 176. The number of hydrogen-bond acceptors (Lipinski definition) is 0. The van der Waals surface area contributed by atoms with Crippen LogP contribution in [-0.2, 0) is 0 Å². The van der Waals surface area contributed by atoms with Gasteiger partial charge in [0.15, 0.2) is 0 Å². The highest BCUT2D eigenvalue weighted by molar-refractivity contribution is 5.15. The van der Waals surface area contributed by atoms with Gasteiger partial charge in [0, 0.05) is 13.3 Å². The highest BCUT2D eigenvalue weighted by atomic mass is 14.1. The average molecular weight is 133 g/mol. The number of rotatable bonds is 1. The second kappa shape index (κ2) is 4.17. The van der Waals surface area contributed by atoms with Crippen LogP contribution in [-0.4, -0.2) is 0 Å². The topological polar surface area (TPSA) is 0 Å². The van der Waals surface area contributed by atoms with Crippen LogP contribution in [0, 0.1) is 18.8 Å². The van der Waals surface area contributed by atoms with Gasteiger partial charge >= 0.3 is 0 Å². The van der Waals surface area contributed by atoms with Crippen molar-refractivity contribution in [2.24, 2.45) is 0 Å². The minimum atomic E-state index is 0.948. The van der Waals surface area contributed by atoms with E-state index in [-0.39, 0.29) is 0 Å². The molecule has 0 heteroatoms. The third-order valence-electron chi connectivity index (χ3n) is 1.83. The first-order valence-electron chi connectivity index (χ1n) is 3.86. The van der Waals surface area contributed by atoms with Gasteiger partial charge in [0.2, 0.25) is 0 Å². The Morgan fingerprint density at radius 1 is 1.50 bits per heavy atom. The monoisotopic (exact) mass is 133 g/mol. The van der Waals surface area contributed by atoms with E-state index in [0.717, 1.165) is 6.42 Å². The van der Waals surface area contributed by atoms with Crippen LogP contribution in [0.2, 0.25) is 0 Å². The molecule has 0 aromatic carbocycles. The molecule has 0 nitrogen and oxygen atoms in total. The summed E-state index contributed by atoms with van der Waals surface area (Å²) in [5, 5.41) is 0. The van der Waals surface area contributed by atoms with Gasteiger partial charge in [-0.05, 0) is 25.7 Å². The Labute approximate surface area is 63.3 Å². The van der Waals surface area contributed by atoms with E-state index < -0.39 is 0 Å². The lowest BCUT2D eigenvalue weighted by atomic mass is 9.98. The first-order valence-corrected chi connectivity index (χ1v) is 3.86. The molecule has 53 valence electrons. The van der Waals surface area contributed by atoms with Crippen molar-refractivity contribution in [2.45, 2.75) is 32.1 Å². The summed E-state index contributed by atoms with van der Waals surface area (Å²) in [6.45, 7) is 3.48. The molecule has 0 spiro atoms. The quantitative estimate of drug-likeness (QED) is 0.381. The molecule has 0 atom stereocenters. The van der Waals surface area contributed by atoms with Crippen LogP contribution in [0.4, 0.5) is 0 Å². The molecular formula is C10H13. The zero-order valence-electron chi connectivity index (χ0n) is 6.32. The summed E-state index contributed by atoms with van der Waals surface area (Å²) in [6.07, 6.45) is 8.51. The first kappa shape index (κ1) is 7.41. The third-order valence-corrected chi connectivity index (χ3v) is 1.83. The molecule has 0 fully saturated rings. The fraction of sp³-hybridized carbons (Fsp3) is 0.500. The van der Waals surface area contributed by atoms with Crippen molar-refractivity contribution in [1.82, 2.24) is 0 Å². The van der Waals surface area contributed by atoms with E-state index in [4.69, 9.17) is 0 Å². The Morgan fingerprint density at radius 3 is 3.00 bits per heavy atom. The van der Waals surface area contributed by atoms with Crippen LogP contribution in [0.25, 0.3) is 0 Å². The highest BCUT2D eigenvalue weighted by Gasteiger charge is 2.00. The van der Waals surface area contributed by atoms with E-state index >= 15 is 0 Å². The smallest absolute Gasteiger partial charge is 0.0299 e. The van der Waals surface area contributed by atoms with Crippen LogP contribution in [0.1, 0.15) is 32.1 Å². The van der Waals surface area contributed by atoms with Crippen LogP contribution >= 0.6 is 0 Å². The maximum absolute atomic E-state index is 3.48. The maximum atomic E-state index is 3.48. The van der Waals surface area contributed by atoms with Gasteiger partial charge in [-0.15, -0.1) is 5.92 Å². The number of hydrogen-bond donors (Lipinski definition) is 0. The predicted molar refractivity (Wildman–Crippen MR) is 44.3 cm³/mol. The Hall–Kier alpha value is -0.700. The molecule has 0 unspecified atom stereocenters. The Morgan fingerprint density at radius 2 is 2.40 bits per heavy atom. The molecule has 0 amide bonds. The molecule has 0 heterocycles. The molecule has 1 radical (unpaired) electrons. The summed E-state index contributed by atoms with van der Waals surface area (Å²) < 4.78 is 0. The minimum Gasteiger partial charge on any atom is -0.102 e. The lowest BCUT2D eigenvalue weighted by Crippen LogP contribution is -1.89. The summed E-state index contributed by atoms with van der Waals surface area (Å²) in [7, 11) is 0. The van der Waals surface area contributed by atoms with Gasteiger partial charge in [0.25, 0.3) is 0 Å². The number of allylic oxidation sites excluding steroid dienone is 2. The van der Waals surface area contributed by atoms with Gasteiger partial charge in [-0.25, -0.2) is 0 Å². The van der Waals surface area contributed by atoms with E-state index in [1.165, 1.54) is 31.3 Å². The fourth-order valence-electron chi connectivity index (χ4n) is 1.24. The average Bonchev–Trinajstić information content (AvgIpc) is 2.03. The molecule has 0 aromatic heterocycles. The predicted octanol–water partition coefficient (Wildman–Crippen LogP) is 2.71. The van der Waals surface area contributed by atoms with Crippen LogP contribution in [0.5, 0.6) is 0 Å². The van der Waals surface area contributed by atoms with Crippen LogP contribution < -0.4 is 0 Å². The highest BCUT2D eigenvalue weighted by Crippen LogP contribution is 2.19. The SMILES string of the molecule is [CH2]C#CCC1=CCCCC1. The summed E-state index contributed by atoms with van der Waals surface area (Å²) in [5.41, 5.74) is 1.52. The zero-order chi connectivity index (χ0) is 7.23. The van der Waals surface area contributed by atoms with E-state index in [1.54, 1.807) is 0 Å². The van der Waals surface area contributed by atoms with Crippen molar-refractivity contribution in [3.8, 4) is 11.8 Å². The first-order chi connectivity index (χ1) is 4.93. The van der Waals surface area contributed by atoms with Crippen LogP contribution in [0.3, 0.4) is 0 Å². The van der Waals surface area contributed by atoms with E-state index in [0.29, 0.717) is 0 Å². The molecule has 0 N–H and O–H groups in total. The van der Waals surface area contributed by atoms with Crippen molar-refractivity contribution in [1.29, 1.82) is 0 Å². The van der Waals surface area contributed by atoms with E-state index in [9.17, 15) is 0 Å².